The highest BCUT2D eigenvalue weighted by Gasteiger charge is 2.18. The van der Waals surface area contributed by atoms with Crippen molar-refractivity contribution >= 4 is 32.2 Å². The van der Waals surface area contributed by atoms with Crippen molar-refractivity contribution in [1.29, 1.82) is 0 Å². The summed E-state index contributed by atoms with van der Waals surface area (Å²) >= 11 is 1.39. The lowest BCUT2D eigenvalue weighted by Gasteiger charge is -2.11. The second kappa shape index (κ2) is 8.77. The van der Waals surface area contributed by atoms with Gasteiger partial charge in [-0.15, -0.1) is 16.4 Å². The van der Waals surface area contributed by atoms with E-state index in [1.807, 2.05) is 5.38 Å². The van der Waals surface area contributed by atoms with Crippen LogP contribution in [0.4, 0.5) is 4.39 Å². The van der Waals surface area contributed by atoms with Crippen LogP contribution in [-0.4, -0.2) is 53.9 Å². The van der Waals surface area contributed by atoms with E-state index in [0.717, 1.165) is 10.00 Å². The Balaban J connectivity index is 1.41. The number of carbonyl (C=O) groups excluding carboxylic acids is 1. The molecular formula is C21H20FN5O3S2. The third kappa shape index (κ3) is 4.27. The number of halogens is 1. The maximum atomic E-state index is 14.0. The maximum absolute atomic E-state index is 14.0. The van der Waals surface area contributed by atoms with Crippen LogP contribution in [0.15, 0.2) is 58.8 Å². The van der Waals surface area contributed by atoms with E-state index in [2.05, 4.69) is 15.4 Å². The van der Waals surface area contributed by atoms with E-state index in [9.17, 15) is 17.6 Å². The van der Waals surface area contributed by atoms with Crippen LogP contribution in [0.1, 0.15) is 16.1 Å². The average Bonchev–Trinajstić information content (AvgIpc) is 3.35. The average molecular weight is 474 g/mol. The second-order valence-electron chi connectivity index (χ2n) is 7.15. The molecule has 32 heavy (non-hydrogen) atoms. The van der Waals surface area contributed by atoms with E-state index < -0.39 is 10.0 Å². The predicted octanol–water partition coefficient (Wildman–Crippen LogP) is 2.82. The number of aromatic nitrogens is 3. The quantitative estimate of drug-likeness (QED) is 0.445. The molecule has 4 rings (SSSR count). The number of fused-ring (bicyclic) bond motifs is 1. The van der Waals surface area contributed by atoms with E-state index in [1.165, 1.54) is 55.8 Å². The van der Waals surface area contributed by atoms with Crippen molar-refractivity contribution < 1.29 is 17.6 Å². The number of hydrogen-bond acceptors (Lipinski definition) is 6. The minimum absolute atomic E-state index is 0.122. The summed E-state index contributed by atoms with van der Waals surface area (Å²) < 4.78 is 41.0. The fraction of sp³-hybridized carbons (Fsp3) is 0.190. The Kier molecular flexibility index (Phi) is 6.04. The van der Waals surface area contributed by atoms with Crippen LogP contribution in [-0.2, 0) is 16.4 Å². The molecule has 1 N–H and O–H groups in total. The first kappa shape index (κ1) is 22.1. The van der Waals surface area contributed by atoms with Crippen molar-refractivity contribution in [3.05, 3.63) is 71.0 Å². The number of nitrogens with zero attached hydrogens (tertiary/aromatic N) is 4. The molecule has 4 aromatic rings. The van der Waals surface area contributed by atoms with Gasteiger partial charge in [0, 0.05) is 38.0 Å². The Morgan fingerprint density at radius 1 is 1.16 bits per heavy atom. The summed E-state index contributed by atoms with van der Waals surface area (Å²) in [7, 11) is -0.644. The number of thiazole rings is 1. The highest BCUT2D eigenvalue weighted by molar-refractivity contribution is 7.89. The Hall–Kier alpha value is -3.15. The molecule has 2 heterocycles. The van der Waals surface area contributed by atoms with Crippen molar-refractivity contribution in [2.45, 2.75) is 11.3 Å². The fourth-order valence-electron chi connectivity index (χ4n) is 3.05. The number of benzene rings is 2. The van der Waals surface area contributed by atoms with Gasteiger partial charge in [0.1, 0.15) is 5.82 Å². The smallest absolute Gasteiger partial charge is 0.251 e. The van der Waals surface area contributed by atoms with Crippen molar-refractivity contribution in [3.63, 3.8) is 0 Å². The van der Waals surface area contributed by atoms with Gasteiger partial charge in [-0.2, -0.15) is 4.98 Å². The third-order valence-electron chi connectivity index (χ3n) is 4.83. The van der Waals surface area contributed by atoms with Gasteiger partial charge in [-0.3, -0.25) is 4.79 Å². The third-order valence-corrected chi connectivity index (χ3v) is 7.52. The number of rotatable bonds is 7. The summed E-state index contributed by atoms with van der Waals surface area (Å²) in [5.41, 5.74) is 1.54. The molecule has 0 spiro atoms. The standard InChI is InChI=1S/C21H20FN5O3S2/c1-26(2)32(29,30)16-9-7-14(8-10-16)20(28)23-12-11-15-13-31-21-24-19(25-27(15)21)17-5-3-4-6-18(17)22/h3-10,13H,11-12H2,1-2H3,(H,23,28). The van der Waals surface area contributed by atoms with E-state index in [-0.39, 0.29) is 16.6 Å². The zero-order valence-corrected chi connectivity index (χ0v) is 19.0. The lowest BCUT2D eigenvalue weighted by atomic mass is 10.2. The normalized spacial score (nSPS) is 11.9. The van der Waals surface area contributed by atoms with Crippen molar-refractivity contribution in [3.8, 4) is 11.4 Å². The molecule has 0 aliphatic heterocycles. The molecule has 0 aliphatic rings. The summed E-state index contributed by atoms with van der Waals surface area (Å²) in [6.45, 7) is 0.345. The molecule has 0 unspecified atom stereocenters. The Bertz CT molecular complexity index is 1380. The van der Waals surface area contributed by atoms with E-state index >= 15 is 0 Å². The molecule has 166 valence electrons. The van der Waals surface area contributed by atoms with Gasteiger partial charge in [-0.05, 0) is 36.4 Å². The number of nitrogens with one attached hydrogen (secondary N) is 1. The molecule has 2 aromatic heterocycles. The van der Waals surface area contributed by atoms with Gasteiger partial charge < -0.3 is 5.32 Å². The van der Waals surface area contributed by atoms with Gasteiger partial charge >= 0.3 is 0 Å². The Labute approximate surface area is 188 Å². The van der Waals surface area contributed by atoms with Gasteiger partial charge in [-0.25, -0.2) is 21.6 Å². The SMILES string of the molecule is CN(C)S(=O)(=O)c1ccc(C(=O)NCCc2csc3nc(-c4ccccc4F)nn23)cc1. The van der Waals surface area contributed by atoms with E-state index in [0.29, 0.717) is 34.9 Å². The fourth-order valence-corrected chi connectivity index (χ4v) is 4.81. The van der Waals surface area contributed by atoms with E-state index in [1.54, 1.807) is 22.7 Å². The number of hydrogen-bond donors (Lipinski definition) is 1. The molecule has 0 aliphatic carbocycles. The lowest BCUT2D eigenvalue weighted by Crippen LogP contribution is -2.26. The molecule has 0 atom stereocenters. The minimum Gasteiger partial charge on any atom is -0.352 e. The summed E-state index contributed by atoms with van der Waals surface area (Å²) in [6.07, 6.45) is 0.499. The van der Waals surface area contributed by atoms with E-state index in [4.69, 9.17) is 0 Å². The molecule has 0 saturated heterocycles. The maximum Gasteiger partial charge on any atom is 0.251 e. The van der Waals surface area contributed by atoms with Crippen LogP contribution < -0.4 is 5.32 Å². The zero-order valence-electron chi connectivity index (χ0n) is 17.3. The van der Waals surface area contributed by atoms with Crippen molar-refractivity contribution in [2.24, 2.45) is 0 Å². The monoisotopic (exact) mass is 473 g/mol. The molecule has 1 amide bonds. The lowest BCUT2D eigenvalue weighted by molar-refractivity contribution is 0.0954. The highest BCUT2D eigenvalue weighted by atomic mass is 32.2. The zero-order chi connectivity index (χ0) is 22.9. The molecule has 0 radical (unpaired) electrons. The molecule has 8 nitrogen and oxygen atoms in total. The predicted molar refractivity (Wildman–Crippen MR) is 120 cm³/mol. The van der Waals surface area contributed by atoms with Gasteiger partial charge in [0.05, 0.1) is 16.2 Å². The Morgan fingerprint density at radius 2 is 1.88 bits per heavy atom. The van der Waals surface area contributed by atoms with Gasteiger partial charge in [-0.1, -0.05) is 12.1 Å². The van der Waals surface area contributed by atoms with Crippen LogP contribution >= 0.6 is 11.3 Å². The first-order chi connectivity index (χ1) is 15.3. The number of amides is 1. The molecule has 11 heteroatoms. The molecule has 2 aromatic carbocycles. The summed E-state index contributed by atoms with van der Waals surface area (Å²) in [5, 5.41) is 9.12. The van der Waals surface area contributed by atoms with Gasteiger partial charge in [0.15, 0.2) is 5.82 Å². The minimum atomic E-state index is -3.54. The molecule has 0 bridgehead atoms. The first-order valence-corrected chi connectivity index (χ1v) is 12.0. The molecule has 0 saturated carbocycles. The van der Waals surface area contributed by atoms with Gasteiger partial charge in [0.25, 0.3) is 5.91 Å². The summed E-state index contributed by atoms with van der Waals surface area (Å²) in [4.78, 5) is 17.6. The van der Waals surface area contributed by atoms with Crippen LogP contribution in [0.3, 0.4) is 0 Å². The molecule has 0 fully saturated rings. The van der Waals surface area contributed by atoms with Crippen LogP contribution in [0.5, 0.6) is 0 Å². The summed E-state index contributed by atoms with van der Waals surface area (Å²) in [6, 6.07) is 12.1. The topological polar surface area (TPSA) is 96.7 Å². The van der Waals surface area contributed by atoms with Crippen LogP contribution in [0, 0.1) is 5.82 Å². The second-order valence-corrected chi connectivity index (χ2v) is 10.1. The van der Waals surface area contributed by atoms with Gasteiger partial charge in [0.2, 0.25) is 15.0 Å². The highest BCUT2D eigenvalue weighted by Crippen LogP contribution is 2.23. The van der Waals surface area contributed by atoms with Crippen molar-refractivity contribution in [1.82, 2.24) is 24.2 Å². The van der Waals surface area contributed by atoms with Crippen molar-refractivity contribution in [2.75, 3.05) is 20.6 Å². The number of carbonyl (C=O) groups is 1. The first-order valence-electron chi connectivity index (χ1n) is 9.66. The number of sulfonamides is 1. The van der Waals surface area contributed by atoms with Crippen LogP contribution in [0.25, 0.3) is 16.3 Å². The summed E-state index contributed by atoms with van der Waals surface area (Å²) in [5.74, 6) is -0.382. The van der Waals surface area contributed by atoms with Crippen LogP contribution in [0.2, 0.25) is 0 Å². The molecular weight excluding hydrogens is 453 g/mol. The largest absolute Gasteiger partial charge is 0.352 e. The Morgan fingerprint density at radius 3 is 2.56 bits per heavy atom.